The largest absolute Gasteiger partial charge is 0.481 e. The van der Waals surface area contributed by atoms with Gasteiger partial charge in [-0.1, -0.05) is 18.1 Å². The number of nitrogens with two attached hydrogens (primary N) is 1. The Kier molecular flexibility index (Phi) is 3.66. The van der Waals surface area contributed by atoms with E-state index in [0.717, 1.165) is 16.8 Å². The Hall–Kier alpha value is -3.38. The van der Waals surface area contributed by atoms with E-state index in [1.54, 1.807) is 0 Å². The molecule has 0 saturated carbocycles. The standard InChI is InChI=1S/C17H14N4O2/c1-3-8-22-12-6-4-11(5-7-12)15-13(9-18)16(19)23-17-14(15)10(2)20-21-17/h1,4-7,15H,8,19H2,2H3,(H,20,21)/t15-/m1/s1. The molecule has 0 spiro atoms. The van der Waals surface area contributed by atoms with E-state index in [9.17, 15) is 5.26 Å². The van der Waals surface area contributed by atoms with Gasteiger partial charge in [-0.15, -0.1) is 11.5 Å². The number of nitrogens with one attached hydrogen (secondary N) is 1. The van der Waals surface area contributed by atoms with E-state index < -0.39 is 0 Å². The normalized spacial score (nSPS) is 16.0. The molecule has 3 rings (SSSR count). The van der Waals surface area contributed by atoms with Gasteiger partial charge < -0.3 is 15.2 Å². The van der Waals surface area contributed by atoms with Crippen molar-refractivity contribution < 1.29 is 9.47 Å². The van der Waals surface area contributed by atoms with Gasteiger partial charge in [-0.25, -0.2) is 0 Å². The quantitative estimate of drug-likeness (QED) is 0.845. The van der Waals surface area contributed by atoms with Crippen LogP contribution in [0.2, 0.25) is 0 Å². The minimum Gasteiger partial charge on any atom is -0.481 e. The highest BCUT2D eigenvalue weighted by Crippen LogP contribution is 2.42. The monoisotopic (exact) mass is 306 g/mol. The minimum atomic E-state index is -0.329. The van der Waals surface area contributed by atoms with Crippen molar-refractivity contribution in [1.29, 1.82) is 5.26 Å². The number of aryl methyl sites for hydroxylation is 1. The van der Waals surface area contributed by atoms with Crippen molar-refractivity contribution in [2.45, 2.75) is 12.8 Å². The van der Waals surface area contributed by atoms with Gasteiger partial charge in [0.15, 0.2) is 0 Å². The predicted octanol–water partition coefficient (Wildman–Crippen LogP) is 1.95. The van der Waals surface area contributed by atoms with Gasteiger partial charge in [-0.05, 0) is 24.6 Å². The van der Waals surface area contributed by atoms with Gasteiger partial charge in [0.25, 0.3) is 0 Å². The summed E-state index contributed by atoms with van der Waals surface area (Å²) in [7, 11) is 0. The Morgan fingerprint density at radius 3 is 2.83 bits per heavy atom. The zero-order valence-electron chi connectivity index (χ0n) is 12.5. The molecule has 0 radical (unpaired) electrons. The highest BCUT2D eigenvalue weighted by Gasteiger charge is 2.34. The lowest BCUT2D eigenvalue weighted by Gasteiger charge is -2.23. The van der Waals surface area contributed by atoms with Crippen molar-refractivity contribution in [2.24, 2.45) is 5.73 Å². The van der Waals surface area contributed by atoms with Crippen LogP contribution in [0.3, 0.4) is 0 Å². The summed E-state index contributed by atoms with van der Waals surface area (Å²) < 4.78 is 10.8. The van der Waals surface area contributed by atoms with E-state index in [0.29, 0.717) is 17.2 Å². The number of hydrogen-bond donors (Lipinski definition) is 2. The molecule has 2 aromatic rings. The second kappa shape index (κ2) is 5.78. The number of benzene rings is 1. The van der Waals surface area contributed by atoms with Crippen LogP contribution in [0.5, 0.6) is 11.6 Å². The van der Waals surface area contributed by atoms with E-state index in [1.165, 1.54) is 0 Å². The molecule has 0 bridgehead atoms. The Morgan fingerprint density at radius 2 is 2.17 bits per heavy atom. The van der Waals surface area contributed by atoms with Gasteiger partial charge in [0.1, 0.15) is 24.0 Å². The highest BCUT2D eigenvalue weighted by atomic mass is 16.5. The first-order chi connectivity index (χ1) is 11.2. The van der Waals surface area contributed by atoms with Crippen molar-refractivity contribution in [3.63, 3.8) is 0 Å². The van der Waals surface area contributed by atoms with Crippen LogP contribution in [-0.4, -0.2) is 16.8 Å². The van der Waals surface area contributed by atoms with E-state index in [2.05, 4.69) is 22.2 Å². The molecule has 6 heteroatoms. The maximum absolute atomic E-state index is 9.47. The summed E-state index contributed by atoms with van der Waals surface area (Å²) in [5.74, 6) is 3.22. The Bertz CT molecular complexity index is 850. The van der Waals surface area contributed by atoms with Gasteiger partial charge >= 0.3 is 0 Å². The van der Waals surface area contributed by atoms with Crippen LogP contribution in [-0.2, 0) is 0 Å². The Balaban J connectivity index is 2.05. The lowest BCUT2D eigenvalue weighted by Crippen LogP contribution is -2.21. The number of aromatic nitrogens is 2. The van der Waals surface area contributed by atoms with Gasteiger partial charge in [0.05, 0.1) is 5.92 Å². The molecule has 23 heavy (non-hydrogen) atoms. The first-order valence-corrected chi connectivity index (χ1v) is 6.94. The van der Waals surface area contributed by atoms with E-state index in [4.69, 9.17) is 21.6 Å². The first-order valence-electron chi connectivity index (χ1n) is 6.94. The molecule has 2 heterocycles. The Morgan fingerprint density at radius 1 is 1.43 bits per heavy atom. The highest BCUT2D eigenvalue weighted by molar-refractivity contribution is 5.55. The third-order valence-corrected chi connectivity index (χ3v) is 3.67. The molecule has 1 aliphatic heterocycles. The van der Waals surface area contributed by atoms with Gasteiger partial charge in [0.2, 0.25) is 11.8 Å². The number of aromatic amines is 1. The summed E-state index contributed by atoms with van der Waals surface area (Å²) >= 11 is 0. The number of ether oxygens (including phenoxy) is 2. The topological polar surface area (TPSA) is 96.9 Å². The summed E-state index contributed by atoms with van der Waals surface area (Å²) in [4.78, 5) is 0. The zero-order valence-corrected chi connectivity index (χ0v) is 12.5. The minimum absolute atomic E-state index is 0.0733. The summed E-state index contributed by atoms with van der Waals surface area (Å²) in [5.41, 5.74) is 8.77. The van der Waals surface area contributed by atoms with Crippen molar-refractivity contribution in [1.82, 2.24) is 10.2 Å². The van der Waals surface area contributed by atoms with Crippen LogP contribution in [0.1, 0.15) is 22.7 Å². The van der Waals surface area contributed by atoms with E-state index in [1.807, 2.05) is 31.2 Å². The molecule has 0 aliphatic carbocycles. The molecule has 1 aromatic carbocycles. The lowest BCUT2D eigenvalue weighted by atomic mass is 9.84. The molecule has 0 saturated heterocycles. The van der Waals surface area contributed by atoms with Crippen molar-refractivity contribution in [3.05, 3.63) is 52.5 Å². The fraction of sp³-hybridized carbons (Fsp3) is 0.176. The average Bonchev–Trinajstić information content (AvgIpc) is 2.93. The fourth-order valence-corrected chi connectivity index (χ4v) is 2.61. The van der Waals surface area contributed by atoms with Crippen molar-refractivity contribution >= 4 is 0 Å². The maximum Gasteiger partial charge on any atom is 0.244 e. The number of allylic oxidation sites excluding steroid dienone is 1. The molecule has 0 fully saturated rings. The van der Waals surface area contributed by atoms with Crippen LogP contribution in [0.25, 0.3) is 0 Å². The number of hydrogen-bond acceptors (Lipinski definition) is 5. The summed E-state index contributed by atoms with van der Waals surface area (Å²) in [5, 5.41) is 16.4. The van der Waals surface area contributed by atoms with Crippen molar-refractivity contribution in [3.8, 4) is 30.0 Å². The average molecular weight is 306 g/mol. The van der Waals surface area contributed by atoms with Gasteiger partial charge in [-0.2, -0.15) is 5.26 Å². The Labute approximate surface area is 133 Å². The number of H-pyrrole nitrogens is 1. The number of fused-ring (bicyclic) bond motifs is 1. The molecule has 0 unspecified atom stereocenters. The molecule has 1 aromatic heterocycles. The van der Waals surface area contributed by atoms with E-state index in [-0.39, 0.29) is 18.4 Å². The molecule has 114 valence electrons. The molecule has 6 nitrogen and oxygen atoms in total. The van der Waals surface area contributed by atoms with Gasteiger partial charge in [-0.3, -0.25) is 5.10 Å². The smallest absolute Gasteiger partial charge is 0.244 e. The number of nitriles is 1. The maximum atomic E-state index is 9.47. The molecular weight excluding hydrogens is 292 g/mol. The van der Waals surface area contributed by atoms with Crippen LogP contribution < -0.4 is 15.2 Å². The second-order valence-electron chi connectivity index (χ2n) is 5.05. The number of terminal acetylenes is 1. The third kappa shape index (κ3) is 2.47. The third-order valence-electron chi connectivity index (χ3n) is 3.67. The second-order valence-corrected chi connectivity index (χ2v) is 5.05. The molecular formula is C17H14N4O2. The zero-order chi connectivity index (χ0) is 16.4. The summed E-state index contributed by atoms with van der Waals surface area (Å²) in [6.45, 7) is 2.08. The molecule has 1 atom stereocenters. The fourth-order valence-electron chi connectivity index (χ4n) is 2.61. The van der Waals surface area contributed by atoms with Gasteiger partial charge in [0, 0.05) is 11.3 Å². The molecule has 0 amide bonds. The summed E-state index contributed by atoms with van der Waals surface area (Å²) in [6, 6.07) is 9.51. The molecule has 3 N–H and O–H groups in total. The number of rotatable bonds is 3. The van der Waals surface area contributed by atoms with Crippen LogP contribution in [0.15, 0.2) is 35.7 Å². The number of nitrogens with zero attached hydrogens (tertiary/aromatic N) is 2. The molecule has 1 aliphatic rings. The predicted molar refractivity (Wildman–Crippen MR) is 83.4 cm³/mol. The first kappa shape index (κ1) is 14.6. The SMILES string of the molecule is C#CCOc1ccc([C@@H]2C(C#N)=C(N)Oc3n[nH]c(C)c32)cc1. The lowest BCUT2D eigenvalue weighted by molar-refractivity contribution is 0.370. The summed E-state index contributed by atoms with van der Waals surface area (Å²) in [6.07, 6.45) is 5.18. The van der Waals surface area contributed by atoms with E-state index >= 15 is 0 Å². The van der Waals surface area contributed by atoms with Crippen LogP contribution in [0.4, 0.5) is 0 Å². The van der Waals surface area contributed by atoms with Crippen LogP contribution >= 0.6 is 0 Å². The van der Waals surface area contributed by atoms with Crippen LogP contribution in [0, 0.1) is 30.6 Å². The van der Waals surface area contributed by atoms with Crippen molar-refractivity contribution in [2.75, 3.05) is 6.61 Å².